The van der Waals surface area contributed by atoms with Crippen LogP contribution in [0.1, 0.15) is 12.8 Å². The maximum absolute atomic E-state index is 13.1. The number of nitrogens with zero attached hydrogens (tertiary/aromatic N) is 1. The Labute approximate surface area is 123 Å². The highest BCUT2D eigenvalue weighted by Crippen LogP contribution is 2.26. The van der Waals surface area contributed by atoms with Crippen LogP contribution in [0.4, 0.5) is 4.39 Å². The highest BCUT2D eigenvalue weighted by Gasteiger charge is 2.37. The number of likely N-dealkylation sites (tertiary alicyclic amines) is 1. The van der Waals surface area contributed by atoms with Crippen LogP contribution in [0.15, 0.2) is 24.3 Å². The van der Waals surface area contributed by atoms with Gasteiger partial charge in [-0.1, -0.05) is 6.07 Å². The first-order valence-corrected chi connectivity index (χ1v) is 6.91. The van der Waals surface area contributed by atoms with Crippen molar-refractivity contribution in [3.63, 3.8) is 0 Å². The molecule has 1 aliphatic heterocycles. The lowest BCUT2D eigenvalue weighted by Crippen LogP contribution is -2.53. The fourth-order valence-electron chi connectivity index (χ4n) is 2.63. The molecule has 116 valence electrons. The Hall–Kier alpha value is -1.66. The number of carboxylic acids is 1. The van der Waals surface area contributed by atoms with Crippen molar-refractivity contribution in [2.45, 2.75) is 18.4 Å². The standard InChI is InChI=1S/C15H20FNO4/c1-20-15(6-3-7-17(10-15)9-14(18)19)11-21-13-5-2-4-12(16)8-13/h2,4-5,8H,3,6-7,9-11H2,1H3,(H,18,19)/t15-/m0/s1. The number of halogens is 1. The van der Waals surface area contributed by atoms with Gasteiger partial charge in [0.1, 0.15) is 23.8 Å². The molecule has 1 saturated heterocycles. The molecule has 0 bridgehead atoms. The topological polar surface area (TPSA) is 59.0 Å². The molecule has 1 N–H and O–H groups in total. The molecule has 6 heteroatoms. The monoisotopic (exact) mass is 297 g/mol. The second-order valence-corrected chi connectivity index (χ2v) is 5.34. The third-order valence-corrected chi connectivity index (χ3v) is 3.71. The fraction of sp³-hybridized carbons (Fsp3) is 0.533. The molecule has 0 unspecified atom stereocenters. The van der Waals surface area contributed by atoms with Crippen LogP contribution < -0.4 is 4.74 Å². The van der Waals surface area contributed by atoms with Crippen molar-refractivity contribution in [3.8, 4) is 5.75 Å². The number of piperidine rings is 1. The Morgan fingerprint density at radius 2 is 2.33 bits per heavy atom. The molecule has 1 aliphatic rings. The predicted molar refractivity (Wildman–Crippen MR) is 74.9 cm³/mol. The molecule has 2 rings (SSSR count). The number of aliphatic carboxylic acids is 1. The van der Waals surface area contributed by atoms with Crippen LogP contribution in [0, 0.1) is 5.82 Å². The lowest BCUT2D eigenvalue weighted by Gasteiger charge is -2.40. The summed E-state index contributed by atoms with van der Waals surface area (Å²) >= 11 is 0. The maximum Gasteiger partial charge on any atom is 0.317 e. The minimum atomic E-state index is -0.854. The quantitative estimate of drug-likeness (QED) is 0.867. The van der Waals surface area contributed by atoms with E-state index in [2.05, 4.69) is 0 Å². The van der Waals surface area contributed by atoms with E-state index in [0.29, 0.717) is 12.3 Å². The van der Waals surface area contributed by atoms with Crippen LogP contribution >= 0.6 is 0 Å². The first-order valence-electron chi connectivity index (χ1n) is 6.91. The summed E-state index contributed by atoms with van der Waals surface area (Å²) in [5, 5.41) is 8.89. The van der Waals surface area contributed by atoms with Gasteiger partial charge < -0.3 is 14.6 Å². The molecule has 1 fully saturated rings. The normalized spacial score (nSPS) is 23.0. The average Bonchev–Trinajstić information content (AvgIpc) is 2.45. The first-order chi connectivity index (χ1) is 10.0. The van der Waals surface area contributed by atoms with Gasteiger partial charge in [-0.15, -0.1) is 0 Å². The van der Waals surface area contributed by atoms with Crippen molar-refractivity contribution in [2.75, 3.05) is 33.4 Å². The number of hydrogen-bond acceptors (Lipinski definition) is 4. The zero-order chi connectivity index (χ0) is 15.3. The van der Waals surface area contributed by atoms with Gasteiger partial charge in [0, 0.05) is 19.7 Å². The summed E-state index contributed by atoms with van der Waals surface area (Å²) in [5.74, 6) is -0.759. The Morgan fingerprint density at radius 3 is 3.00 bits per heavy atom. The number of benzene rings is 1. The van der Waals surface area contributed by atoms with Crippen LogP contribution in [0.5, 0.6) is 5.75 Å². The number of carbonyl (C=O) groups is 1. The third kappa shape index (κ3) is 4.41. The van der Waals surface area contributed by atoms with E-state index in [9.17, 15) is 9.18 Å². The Kier molecular flexibility index (Phi) is 5.14. The van der Waals surface area contributed by atoms with Gasteiger partial charge in [-0.2, -0.15) is 0 Å². The van der Waals surface area contributed by atoms with E-state index < -0.39 is 11.6 Å². The first kappa shape index (κ1) is 15.7. The minimum Gasteiger partial charge on any atom is -0.490 e. The summed E-state index contributed by atoms with van der Waals surface area (Å²) in [6.07, 6.45) is 1.63. The van der Waals surface area contributed by atoms with Crippen molar-refractivity contribution in [3.05, 3.63) is 30.1 Å². The van der Waals surface area contributed by atoms with E-state index in [-0.39, 0.29) is 19.0 Å². The van der Waals surface area contributed by atoms with E-state index in [0.717, 1.165) is 19.4 Å². The summed E-state index contributed by atoms with van der Waals surface area (Å²) in [5.41, 5.74) is -0.556. The number of rotatable bonds is 6. The highest BCUT2D eigenvalue weighted by atomic mass is 19.1. The summed E-state index contributed by atoms with van der Waals surface area (Å²) in [7, 11) is 1.60. The van der Waals surface area contributed by atoms with E-state index >= 15 is 0 Å². The van der Waals surface area contributed by atoms with Gasteiger partial charge in [0.2, 0.25) is 0 Å². The molecular formula is C15H20FNO4. The van der Waals surface area contributed by atoms with E-state index in [4.69, 9.17) is 14.6 Å². The van der Waals surface area contributed by atoms with E-state index in [1.54, 1.807) is 19.2 Å². The molecule has 1 aromatic rings. The van der Waals surface area contributed by atoms with E-state index in [1.807, 2.05) is 4.90 Å². The second kappa shape index (κ2) is 6.87. The largest absolute Gasteiger partial charge is 0.490 e. The van der Waals surface area contributed by atoms with Crippen molar-refractivity contribution in [1.82, 2.24) is 4.90 Å². The molecule has 1 heterocycles. The maximum atomic E-state index is 13.1. The number of carboxylic acid groups (broad SMARTS) is 1. The van der Waals surface area contributed by atoms with Crippen molar-refractivity contribution in [2.24, 2.45) is 0 Å². The lowest BCUT2D eigenvalue weighted by atomic mass is 9.93. The molecule has 0 aliphatic carbocycles. The van der Waals surface area contributed by atoms with Gasteiger partial charge in [-0.3, -0.25) is 9.69 Å². The van der Waals surface area contributed by atoms with Crippen LogP contribution in [-0.4, -0.2) is 54.9 Å². The van der Waals surface area contributed by atoms with Gasteiger partial charge in [0.05, 0.1) is 6.54 Å². The molecule has 0 spiro atoms. The van der Waals surface area contributed by atoms with Crippen molar-refractivity contribution >= 4 is 5.97 Å². The van der Waals surface area contributed by atoms with Gasteiger partial charge in [0.25, 0.3) is 0 Å². The summed E-state index contributed by atoms with van der Waals surface area (Å²) < 4.78 is 24.4. The van der Waals surface area contributed by atoms with Gasteiger partial charge in [-0.25, -0.2) is 4.39 Å². The molecule has 1 atom stereocenters. The highest BCUT2D eigenvalue weighted by molar-refractivity contribution is 5.69. The Balaban J connectivity index is 1.98. The molecule has 0 saturated carbocycles. The third-order valence-electron chi connectivity index (χ3n) is 3.71. The molecule has 0 radical (unpaired) electrons. The summed E-state index contributed by atoms with van der Waals surface area (Å²) in [4.78, 5) is 12.7. The fourth-order valence-corrected chi connectivity index (χ4v) is 2.63. The summed E-state index contributed by atoms with van der Waals surface area (Å²) in [6, 6.07) is 5.95. The molecule has 0 amide bonds. The second-order valence-electron chi connectivity index (χ2n) is 5.34. The van der Waals surface area contributed by atoms with Crippen molar-refractivity contribution < 1.29 is 23.8 Å². The minimum absolute atomic E-state index is 0.00885. The lowest BCUT2D eigenvalue weighted by molar-refractivity contribution is -0.141. The molecule has 1 aromatic carbocycles. The average molecular weight is 297 g/mol. The SMILES string of the molecule is CO[C@@]1(COc2cccc(F)c2)CCCN(CC(=O)O)C1. The molecular weight excluding hydrogens is 277 g/mol. The van der Waals surface area contributed by atoms with Gasteiger partial charge in [0.15, 0.2) is 0 Å². The molecule has 5 nitrogen and oxygen atoms in total. The number of ether oxygens (including phenoxy) is 2. The molecule has 0 aromatic heterocycles. The summed E-state index contributed by atoms with van der Waals surface area (Å²) in [6.45, 7) is 1.48. The Morgan fingerprint density at radius 1 is 1.52 bits per heavy atom. The van der Waals surface area contributed by atoms with E-state index in [1.165, 1.54) is 12.1 Å². The smallest absolute Gasteiger partial charge is 0.317 e. The predicted octanol–water partition coefficient (Wildman–Crippen LogP) is 1.77. The zero-order valence-corrected chi connectivity index (χ0v) is 12.0. The van der Waals surface area contributed by atoms with Crippen LogP contribution in [0.25, 0.3) is 0 Å². The van der Waals surface area contributed by atoms with Gasteiger partial charge in [-0.05, 0) is 31.5 Å². The van der Waals surface area contributed by atoms with Gasteiger partial charge >= 0.3 is 5.97 Å². The Bertz CT molecular complexity index is 496. The zero-order valence-electron chi connectivity index (χ0n) is 12.0. The van der Waals surface area contributed by atoms with Crippen molar-refractivity contribution in [1.29, 1.82) is 0 Å². The number of methoxy groups -OCH3 is 1. The molecule has 21 heavy (non-hydrogen) atoms. The van der Waals surface area contributed by atoms with Crippen LogP contribution in [0.3, 0.4) is 0 Å². The van der Waals surface area contributed by atoms with Crippen LogP contribution in [-0.2, 0) is 9.53 Å². The van der Waals surface area contributed by atoms with Crippen LogP contribution in [0.2, 0.25) is 0 Å². The number of hydrogen-bond donors (Lipinski definition) is 1.